The monoisotopic (exact) mass is 540 g/mol. The first-order chi connectivity index (χ1) is 18.1. The van der Waals surface area contributed by atoms with Crippen LogP contribution in [0.25, 0.3) is 10.1 Å². The van der Waals surface area contributed by atoms with Crippen molar-refractivity contribution >= 4 is 39.0 Å². The van der Waals surface area contributed by atoms with Gasteiger partial charge in [-0.25, -0.2) is 4.79 Å². The lowest BCUT2D eigenvalue weighted by Crippen LogP contribution is -2.52. The number of nitrogens with zero attached hydrogens (tertiary/aromatic N) is 2. The lowest BCUT2D eigenvalue weighted by molar-refractivity contribution is -0.127. The third-order valence-electron chi connectivity index (χ3n) is 6.76. The van der Waals surface area contributed by atoms with Crippen molar-refractivity contribution in [1.82, 2.24) is 20.4 Å². The van der Waals surface area contributed by atoms with Crippen molar-refractivity contribution in [2.45, 2.75) is 78.4 Å². The average Bonchev–Trinajstić information content (AvgIpc) is 3.46. The first kappa shape index (κ1) is 27.8. The fourth-order valence-corrected chi connectivity index (χ4v) is 5.91. The molecule has 2 aromatic heterocycles. The second-order valence-electron chi connectivity index (χ2n) is 10.9. The highest BCUT2D eigenvalue weighted by Gasteiger charge is 2.36. The van der Waals surface area contributed by atoms with Crippen LogP contribution in [0.15, 0.2) is 39.5 Å². The number of benzene rings is 1. The van der Waals surface area contributed by atoms with Gasteiger partial charge in [0.05, 0.1) is 23.4 Å². The van der Waals surface area contributed by atoms with E-state index in [4.69, 9.17) is 4.42 Å². The van der Waals surface area contributed by atoms with E-state index in [0.717, 1.165) is 27.6 Å². The number of hydrogen-bond acceptors (Lipinski definition) is 7. The Labute approximate surface area is 226 Å². The lowest BCUT2D eigenvalue weighted by atomic mass is 9.83. The fraction of sp³-hybridized carbons (Fsp3) is 0.536. The van der Waals surface area contributed by atoms with Crippen LogP contribution in [0.4, 0.5) is 0 Å². The van der Waals surface area contributed by atoms with Crippen LogP contribution in [0.5, 0.6) is 0 Å². The molecule has 4 rings (SSSR count). The molecule has 0 spiro atoms. The molecule has 1 fully saturated rings. The van der Waals surface area contributed by atoms with Crippen LogP contribution >= 0.6 is 11.3 Å². The van der Waals surface area contributed by atoms with Gasteiger partial charge in [-0.3, -0.25) is 14.4 Å². The molecular weight excluding hydrogens is 504 g/mol. The second kappa shape index (κ2) is 12.1. The van der Waals surface area contributed by atoms with E-state index in [1.54, 1.807) is 0 Å². The zero-order valence-corrected chi connectivity index (χ0v) is 23.2. The summed E-state index contributed by atoms with van der Waals surface area (Å²) in [7, 11) is 0. The van der Waals surface area contributed by atoms with Gasteiger partial charge in [-0.2, -0.15) is 4.68 Å². The Morgan fingerprint density at radius 2 is 1.84 bits per heavy atom. The second-order valence-corrected chi connectivity index (χ2v) is 12.0. The first-order valence-electron chi connectivity index (χ1n) is 13.3. The summed E-state index contributed by atoms with van der Waals surface area (Å²) in [4.78, 5) is 52.6. The van der Waals surface area contributed by atoms with Gasteiger partial charge in [-0.15, -0.1) is 16.4 Å². The molecule has 3 atom stereocenters. The van der Waals surface area contributed by atoms with Crippen LogP contribution in [-0.2, 0) is 11.3 Å². The van der Waals surface area contributed by atoms with E-state index >= 15 is 0 Å². The van der Waals surface area contributed by atoms with E-state index in [9.17, 15) is 19.2 Å². The smallest absolute Gasteiger partial charge is 0.384 e. The van der Waals surface area contributed by atoms with Crippen molar-refractivity contribution in [1.29, 1.82) is 0 Å². The molecule has 0 aliphatic heterocycles. The summed E-state index contributed by atoms with van der Waals surface area (Å²) in [5.41, 5.74) is 0. The minimum atomic E-state index is -0.881. The Morgan fingerprint density at radius 1 is 1.11 bits per heavy atom. The van der Waals surface area contributed by atoms with Gasteiger partial charge >= 0.3 is 5.76 Å². The molecule has 2 heterocycles. The standard InChI is InChI=1S/C28H36N4O5S/c1-16(2)13-21(24(33)27-31-32(15-17(3)4)28(36)37-27)30-25(34)19-10-6-7-11-20(19)29-26(35)23-14-18-9-5-8-12-22(18)38-23/h5,8-9,12,14,16-17,19-21H,6-7,10-11,13,15H2,1-4H3,(H,29,35)(H,30,34)/t19-,20+,21+/m1/s1. The molecule has 9 nitrogen and oxygen atoms in total. The van der Waals surface area contributed by atoms with Crippen LogP contribution in [0.1, 0.15) is 80.2 Å². The summed E-state index contributed by atoms with van der Waals surface area (Å²) in [5, 5.41) is 11.1. The van der Waals surface area contributed by atoms with Gasteiger partial charge in [0, 0.05) is 10.7 Å². The highest BCUT2D eigenvalue weighted by molar-refractivity contribution is 7.20. The van der Waals surface area contributed by atoms with Crippen LogP contribution in [0.2, 0.25) is 0 Å². The number of carbonyl (C=O) groups is 3. The number of fused-ring (bicyclic) bond motifs is 1. The van der Waals surface area contributed by atoms with Crippen molar-refractivity contribution < 1.29 is 18.8 Å². The Balaban J connectivity index is 1.48. The van der Waals surface area contributed by atoms with Gasteiger partial charge < -0.3 is 15.1 Å². The summed E-state index contributed by atoms with van der Waals surface area (Å²) in [5.74, 6) is -2.19. The molecule has 0 radical (unpaired) electrons. The third-order valence-corrected chi connectivity index (χ3v) is 7.88. The van der Waals surface area contributed by atoms with E-state index < -0.39 is 23.5 Å². The van der Waals surface area contributed by atoms with E-state index in [0.29, 0.717) is 30.7 Å². The number of nitrogens with one attached hydrogen (secondary N) is 2. The number of aromatic nitrogens is 2. The van der Waals surface area contributed by atoms with Gasteiger partial charge in [0.1, 0.15) is 0 Å². The lowest BCUT2D eigenvalue weighted by Gasteiger charge is -2.32. The molecule has 10 heteroatoms. The van der Waals surface area contributed by atoms with Crippen LogP contribution in [-0.4, -0.2) is 39.5 Å². The summed E-state index contributed by atoms with van der Waals surface area (Å²) < 4.78 is 7.34. The molecule has 1 aliphatic rings. The number of carbonyl (C=O) groups excluding carboxylic acids is 3. The predicted molar refractivity (Wildman–Crippen MR) is 146 cm³/mol. The largest absolute Gasteiger partial charge is 0.437 e. The van der Waals surface area contributed by atoms with Crippen molar-refractivity contribution in [3.8, 4) is 0 Å². The van der Waals surface area contributed by atoms with Crippen molar-refractivity contribution in [3.63, 3.8) is 0 Å². The molecular formula is C28H36N4O5S. The highest BCUT2D eigenvalue weighted by Crippen LogP contribution is 2.28. The van der Waals surface area contributed by atoms with Gasteiger partial charge in [-0.1, -0.05) is 58.7 Å². The maximum absolute atomic E-state index is 13.5. The zero-order chi connectivity index (χ0) is 27.4. The predicted octanol–water partition coefficient (Wildman–Crippen LogP) is 4.41. The van der Waals surface area contributed by atoms with Crippen molar-refractivity contribution in [2.24, 2.45) is 17.8 Å². The molecule has 1 aromatic carbocycles. The highest BCUT2D eigenvalue weighted by atomic mass is 32.1. The normalized spacial score (nSPS) is 18.6. The van der Waals surface area contributed by atoms with E-state index in [1.165, 1.54) is 11.3 Å². The molecule has 2 N–H and O–H groups in total. The molecule has 0 saturated heterocycles. The molecule has 3 aromatic rings. The van der Waals surface area contributed by atoms with Crippen LogP contribution in [0, 0.1) is 17.8 Å². The number of ketones is 1. The average molecular weight is 541 g/mol. The molecule has 204 valence electrons. The molecule has 1 aliphatic carbocycles. The fourth-order valence-electron chi connectivity index (χ4n) is 4.95. The third kappa shape index (κ3) is 6.59. The van der Waals surface area contributed by atoms with Crippen LogP contribution < -0.4 is 16.4 Å². The number of amides is 2. The van der Waals surface area contributed by atoms with Crippen LogP contribution in [0.3, 0.4) is 0 Å². The van der Waals surface area contributed by atoms with Crippen molar-refractivity contribution in [3.05, 3.63) is 51.7 Å². The van der Waals surface area contributed by atoms with E-state index in [1.807, 2.05) is 58.0 Å². The summed E-state index contributed by atoms with van der Waals surface area (Å²) in [6.45, 7) is 8.11. The maximum Gasteiger partial charge on any atom is 0.437 e. The summed E-state index contributed by atoms with van der Waals surface area (Å²) >= 11 is 1.43. The van der Waals surface area contributed by atoms with Gasteiger partial charge in [-0.05, 0) is 48.6 Å². The summed E-state index contributed by atoms with van der Waals surface area (Å²) in [6, 6.07) is 8.49. The zero-order valence-electron chi connectivity index (χ0n) is 22.4. The Morgan fingerprint density at radius 3 is 2.55 bits per heavy atom. The van der Waals surface area contributed by atoms with Gasteiger partial charge in [0.25, 0.3) is 11.8 Å². The maximum atomic E-state index is 13.5. The van der Waals surface area contributed by atoms with E-state index in [-0.39, 0.29) is 35.6 Å². The van der Waals surface area contributed by atoms with Crippen molar-refractivity contribution in [2.75, 3.05) is 0 Å². The van der Waals surface area contributed by atoms with E-state index in [2.05, 4.69) is 15.7 Å². The summed E-state index contributed by atoms with van der Waals surface area (Å²) in [6.07, 6.45) is 3.45. The molecule has 1 saturated carbocycles. The SMILES string of the molecule is CC(C)C[C@H](NC(=O)[C@@H]1CCCC[C@@H]1NC(=O)c1cc2ccccc2s1)C(=O)c1nn(CC(C)C)c(=O)o1. The number of hydrogen-bond donors (Lipinski definition) is 2. The molecule has 0 bridgehead atoms. The van der Waals surface area contributed by atoms with Gasteiger partial charge in [0.2, 0.25) is 11.7 Å². The Kier molecular flexibility index (Phi) is 8.81. The number of thiophene rings is 1. The quantitative estimate of drug-likeness (QED) is 0.367. The Hall–Kier alpha value is -3.27. The molecule has 38 heavy (non-hydrogen) atoms. The minimum Gasteiger partial charge on any atom is -0.384 e. The number of rotatable bonds is 10. The topological polar surface area (TPSA) is 123 Å². The van der Waals surface area contributed by atoms with Gasteiger partial charge in [0.15, 0.2) is 0 Å². The molecule has 2 amide bonds. The Bertz CT molecular complexity index is 1320. The first-order valence-corrected chi connectivity index (χ1v) is 14.2. The minimum absolute atomic E-state index is 0.100. The number of Topliss-reactive ketones (excluding diaryl/α,β-unsaturated/α-hetero) is 1. The molecule has 0 unspecified atom stereocenters.